The Labute approximate surface area is 339 Å². The Bertz CT molecular complexity index is 925. The minimum absolute atomic E-state index is 0.0636. The van der Waals surface area contributed by atoms with Crippen LogP contribution in [-0.4, -0.2) is 86.6 Å². The van der Waals surface area contributed by atoms with Gasteiger partial charge < -0.3 is 24.0 Å². The largest absolute Gasteiger partial charge is 0.472 e. The number of rotatable bonds is 39. The molecule has 0 fully saturated rings. The van der Waals surface area contributed by atoms with E-state index in [0.29, 0.717) is 23.9 Å². The van der Waals surface area contributed by atoms with Crippen LogP contribution < -0.4 is 0 Å². The second-order valence-electron chi connectivity index (χ2n) is 16.0. The van der Waals surface area contributed by atoms with Crippen LogP contribution in [-0.2, 0) is 32.7 Å². The lowest BCUT2D eigenvalue weighted by atomic mass is 10.0. The molecule has 11 heteroatoms. The fourth-order valence-corrected chi connectivity index (χ4v) is 6.60. The van der Waals surface area contributed by atoms with Gasteiger partial charge in [-0.15, -0.1) is 0 Å². The molecule has 0 aromatic carbocycles. The van der Waals surface area contributed by atoms with Gasteiger partial charge in [-0.25, -0.2) is 4.57 Å². The van der Waals surface area contributed by atoms with Crippen LogP contribution in [0, 0.1) is 0 Å². The summed E-state index contributed by atoms with van der Waals surface area (Å²) in [7, 11) is 2.15. The number of phosphoric acid groups is 1. The summed E-state index contributed by atoms with van der Waals surface area (Å²) in [5.74, 6) is -0.593. The number of ether oxygens (including phenoxy) is 2. The van der Waals surface area contributed by atoms with Crippen molar-refractivity contribution in [1.29, 1.82) is 0 Å². The van der Waals surface area contributed by atoms with E-state index < -0.39 is 13.9 Å². The molecule has 55 heavy (non-hydrogen) atoms. The van der Waals surface area contributed by atoms with Crippen LogP contribution in [0.3, 0.4) is 0 Å². The molecular weight excluding hydrogens is 717 g/mol. The molecule has 0 heterocycles. The van der Waals surface area contributed by atoms with Gasteiger partial charge in [0.25, 0.3) is 0 Å². The second-order valence-corrected chi connectivity index (χ2v) is 17.5. The number of carbonyl (C=O) groups excluding carboxylic acids is 2. The summed E-state index contributed by atoms with van der Waals surface area (Å²) in [6.45, 7) is 6.83. The van der Waals surface area contributed by atoms with Crippen molar-refractivity contribution in [2.45, 2.75) is 207 Å². The van der Waals surface area contributed by atoms with Crippen LogP contribution in [0.2, 0.25) is 0 Å². The zero-order chi connectivity index (χ0) is 41.3. The Kier molecular flexibility index (Phi) is 41.5. The van der Waals surface area contributed by atoms with E-state index in [1.54, 1.807) is 6.92 Å². The van der Waals surface area contributed by atoms with Crippen molar-refractivity contribution in [3.05, 3.63) is 12.2 Å². The van der Waals surface area contributed by atoms with E-state index in [4.69, 9.17) is 18.9 Å². The first-order valence-electron chi connectivity index (χ1n) is 22.4. The van der Waals surface area contributed by atoms with Crippen molar-refractivity contribution in [2.75, 3.05) is 54.1 Å². The van der Waals surface area contributed by atoms with E-state index in [2.05, 4.69) is 30.5 Å². The number of nitrogens with zero attached hydrogens (tertiary/aromatic N) is 1. The lowest BCUT2D eigenvalue weighted by Gasteiger charge is -2.23. The zero-order valence-corrected chi connectivity index (χ0v) is 37.6. The average molecular weight is 807 g/mol. The molecule has 0 spiro atoms. The molecule has 0 aliphatic heterocycles. The summed E-state index contributed by atoms with van der Waals surface area (Å²) >= 11 is 0. The van der Waals surface area contributed by atoms with Gasteiger partial charge in [-0.3, -0.25) is 18.6 Å². The van der Waals surface area contributed by atoms with Crippen molar-refractivity contribution in [2.24, 2.45) is 0 Å². The van der Waals surface area contributed by atoms with Crippen LogP contribution in [0.5, 0.6) is 0 Å². The fraction of sp³-hybridized carbons (Fsp3) is 0.909. The van der Waals surface area contributed by atoms with Gasteiger partial charge in [0.05, 0.1) is 34.4 Å². The van der Waals surface area contributed by atoms with Crippen LogP contribution in [0.1, 0.15) is 201 Å². The average Bonchev–Trinajstić information content (AvgIpc) is 3.13. The maximum absolute atomic E-state index is 12.1. The molecule has 10 nitrogen and oxygen atoms in total. The first-order valence-corrected chi connectivity index (χ1v) is 23.9. The number of carbonyl (C=O) groups is 2. The molecular formula is C44H89NO9P+. The minimum atomic E-state index is -3.79. The molecule has 2 atom stereocenters. The second kappa shape index (κ2) is 40.9. The highest BCUT2D eigenvalue weighted by atomic mass is 31.2. The van der Waals surface area contributed by atoms with Gasteiger partial charge >= 0.3 is 19.8 Å². The Balaban J connectivity index is 0. The molecule has 328 valence electrons. The number of quaternary nitrogens is 1. The van der Waals surface area contributed by atoms with Crippen LogP contribution in [0.25, 0.3) is 0 Å². The highest BCUT2D eigenvalue weighted by Crippen LogP contribution is 2.42. The number of unbranched alkanes of at least 4 members (excludes halogenated alkanes) is 23. The SMILES string of the molecule is CCCCCCCC/C=C\CCCCCCCC(=O)O[C@@H](CO)COC(=O)CCCCCCCCCCCCCCC.CCOP(=O)(O)OCC[N+](C)(C)C. The maximum atomic E-state index is 12.1. The van der Waals surface area contributed by atoms with Gasteiger partial charge in [0, 0.05) is 12.8 Å². The summed E-state index contributed by atoms with van der Waals surface area (Å²) in [6.07, 6.45) is 36.9. The molecule has 1 unspecified atom stereocenters. The standard InChI is InChI=1S/C37H70O5.C7H18NO4P/c1-3-5-7-9-11-13-15-17-18-20-22-24-26-28-30-32-37(40)42-35(33-38)34-41-36(39)31-29-27-25-23-21-19-16-14-12-10-8-6-4-2;1-5-11-13(9,10)12-7-6-8(2,3)4/h17-18,35,38H,3-16,19-34H2,1-2H3;5-7H2,1-4H3/p+1/b18-17-;/t35-;/m0./s1. The molecule has 2 N–H and O–H groups in total. The lowest BCUT2D eigenvalue weighted by Crippen LogP contribution is -2.37. The van der Waals surface area contributed by atoms with Gasteiger partial charge in [0.15, 0.2) is 6.10 Å². The smallest absolute Gasteiger partial charge is 0.462 e. The highest BCUT2D eigenvalue weighted by Gasteiger charge is 2.21. The summed E-state index contributed by atoms with van der Waals surface area (Å²) in [5, 5.41) is 9.52. The summed E-state index contributed by atoms with van der Waals surface area (Å²) in [4.78, 5) is 33.2. The van der Waals surface area contributed by atoms with E-state index in [1.807, 2.05) is 21.1 Å². The number of phosphoric ester groups is 1. The van der Waals surface area contributed by atoms with Gasteiger partial charge in [-0.05, 0) is 45.4 Å². The van der Waals surface area contributed by atoms with Gasteiger partial charge in [0.2, 0.25) is 0 Å². The third-order valence-corrected chi connectivity index (χ3v) is 10.5. The third-order valence-electron chi connectivity index (χ3n) is 9.37. The Morgan fingerprint density at radius 3 is 1.40 bits per heavy atom. The first-order chi connectivity index (χ1) is 26.4. The first kappa shape index (κ1) is 55.8. The quantitative estimate of drug-likeness (QED) is 0.0205. The van der Waals surface area contributed by atoms with Crippen molar-refractivity contribution in [1.82, 2.24) is 0 Å². The summed E-state index contributed by atoms with van der Waals surface area (Å²) < 4.78 is 31.5. The normalized spacial score (nSPS) is 13.3. The van der Waals surface area contributed by atoms with Crippen molar-refractivity contribution in [3.8, 4) is 0 Å². The third kappa shape index (κ3) is 47.0. The number of likely N-dealkylation sites (N-methyl/N-ethyl adjacent to an activating group) is 1. The minimum Gasteiger partial charge on any atom is -0.462 e. The van der Waals surface area contributed by atoms with E-state index in [1.165, 1.54) is 122 Å². The number of esters is 2. The monoisotopic (exact) mass is 807 g/mol. The maximum Gasteiger partial charge on any atom is 0.472 e. The van der Waals surface area contributed by atoms with E-state index in [-0.39, 0.29) is 38.4 Å². The summed E-state index contributed by atoms with van der Waals surface area (Å²) in [6, 6.07) is 0. The molecule has 0 aromatic rings. The Morgan fingerprint density at radius 2 is 1.00 bits per heavy atom. The van der Waals surface area contributed by atoms with Crippen molar-refractivity contribution in [3.63, 3.8) is 0 Å². The Morgan fingerprint density at radius 1 is 0.600 bits per heavy atom. The van der Waals surface area contributed by atoms with E-state index >= 15 is 0 Å². The lowest BCUT2D eigenvalue weighted by molar-refractivity contribution is -0.870. The number of hydrogen-bond acceptors (Lipinski definition) is 8. The van der Waals surface area contributed by atoms with Crippen LogP contribution >= 0.6 is 7.82 Å². The molecule has 0 amide bonds. The molecule has 0 radical (unpaired) electrons. The number of aliphatic hydroxyl groups is 1. The molecule has 0 aromatic heterocycles. The predicted octanol–water partition coefficient (Wildman–Crippen LogP) is 11.8. The number of aliphatic hydroxyl groups excluding tert-OH is 1. The highest BCUT2D eigenvalue weighted by molar-refractivity contribution is 7.47. The number of hydrogen-bond donors (Lipinski definition) is 2. The molecule has 0 saturated heterocycles. The zero-order valence-electron chi connectivity index (χ0n) is 36.7. The van der Waals surface area contributed by atoms with E-state index in [0.717, 1.165) is 44.9 Å². The van der Waals surface area contributed by atoms with E-state index in [9.17, 15) is 19.3 Å². The molecule has 0 rings (SSSR count). The predicted molar refractivity (Wildman–Crippen MR) is 228 cm³/mol. The molecule has 0 aliphatic carbocycles. The van der Waals surface area contributed by atoms with Crippen molar-refractivity contribution < 1.29 is 47.2 Å². The Hall–Kier alpha value is -1.29. The fourth-order valence-electron chi connectivity index (χ4n) is 5.88. The van der Waals surface area contributed by atoms with Gasteiger partial charge in [0.1, 0.15) is 19.8 Å². The van der Waals surface area contributed by atoms with Crippen LogP contribution in [0.15, 0.2) is 12.2 Å². The van der Waals surface area contributed by atoms with Gasteiger partial charge in [-0.2, -0.15) is 0 Å². The molecule has 0 bridgehead atoms. The molecule has 0 aliphatic rings. The summed E-state index contributed by atoms with van der Waals surface area (Å²) in [5.41, 5.74) is 0. The van der Waals surface area contributed by atoms with Crippen LogP contribution in [0.4, 0.5) is 0 Å². The molecule has 0 saturated carbocycles. The topological polar surface area (TPSA) is 129 Å². The van der Waals surface area contributed by atoms with Gasteiger partial charge in [-0.1, -0.05) is 154 Å². The number of allylic oxidation sites excluding steroid dienone is 2. The van der Waals surface area contributed by atoms with Crippen molar-refractivity contribution >= 4 is 19.8 Å².